The summed E-state index contributed by atoms with van der Waals surface area (Å²) in [4.78, 5) is 27.7. The van der Waals surface area contributed by atoms with Crippen molar-refractivity contribution in [3.05, 3.63) is 75.7 Å². The number of amides is 1. The molecule has 9 heteroatoms. The largest absolute Gasteiger partial charge is 0.396 e. The van der Waals surface area contributed by atoms with E-state index >= 15 is 0 Å². The average molecular weight is 476 g/mol. The molecule has 2 aromatic rings. The number of likely N-dealkylation sites (tertiary alicyclic amines) is 1. The van der Waals surface area contributed by atoms with Gasteiger partial charge in [0.05, 0.1) is 18.5 Å². The topological polar surface area (TPSA) is 74.6 Å². The number of benzene rings is 1. The summed E-state index contributed by atoms with van der Waals surface area (Å²) in [6.45, 7) is 1.53. The van der Waals surface area contributed by atoms with Crippen molar-refractivity contribution in [1.82, 2.24) is 14.8 Å². The molecule has 0 bridgehead atoms. The van der Waals surface area contributed by atoms with Gasteiger partial charge >= 0.3 is 6.18 Å². The van der Waals surface area contributed by atoms with Crippen LogP contribution in [0, 0.1) is 11.8 Å². The van der Waals surface area contributed by atoms with Gasteiger partial charge in [0.25, 0.3) is 5.56 Å². The Hall–Kier alpha value is -2.91. The van der Waals surface area contributed by atoms with Crippen molar-refractivity contribution in [3.63, 3.8) is 0 Å². The summed E-state index contributed by atoms with van der Waals surface area (Å²) in [7, 11) is 0. The molecule has 0 unspecified atom stereocenters. The van der Waals surface area contributed by atoms with Crippen molar-refractivity contribution in [2.45, 2.75) is 44.7 Å². The van der Waals surface area contributed by atoms with Crippen LogP contribution in [0.5, 0.6) is 0 Å². The Kier molecular flexibility index (Phi) is 6.95. The van der Waals surface area contributed by atoms with Crippen LogP contribution in [0.4, 0.5) is 13.2 Å². The number of carbonyl (C=O) groups excluding carboxylic acids is 1. The number of aliphatic hydroxyl groups excluding tert-OH is 1. The van der Waals surface area contributed by atoms with E-state index in [0.29, 0.717) is 11.3 Å². The van der Waals surface area contributed by atoms with Crippen LogP contribution >= 0.6 is 0 Å². The SMILES string of the molecule is C/C=C\c1ccc2n(c1=O)C[C@@H]1[C@@H](CO)[C@H](C(=O)NCc3ccccc3)N(CCC(F)(F)F)[C@H]21. The Morgan fingerprint density at radius 1 is 1.21 bits per heavy atom. The van der Waals surface area contributed by atoms with Gasteiger partial charge in [-0.25, -0.2) is 0 Å². The summed E-state index contributed by atoms with van der Waals surface area (Å²) in [6, 6.07) is 11.2. The molecule has 0 spiro atoms. The van der Waals surface area contributed by atoms with E-state index in [0.717, 1.165) is 5.56 Å². The quantitative estimate of drug-likeness (QED) is 0.646. The highest BCUT2D eigenvalue weighted by Gasteiger charge is 2.55. The van der Waals surface area contributed by atoms with Crippen LogP contribution in [0.1, 0.15) is 36.2 Å². The molecule has 1 aromatic heterocycles. The fraction of sp³-hybridized carbons (Fsp3) is 0.440. The molecule has 0 aliphatic carbocycles. The molecular formula is C25H28F3N3O3. The summed E-state index contributed by atoms with van der Waals surface area (Å²) in [6.07, 6.45) is -2.04. The monoisotopic (exact) mass is 475 g/mol. The third-order valence-electron chi connectivity index (χ3n) is 6.80. The van der Waals surface area contributed by atoms with Gasteiger partial charge in [0.1, 0.15) is 0 Å². The number of hydrogen-bond donors (Lipinski definition) is 2. The number of carbonyl (C=O) groups is 1. The molecule has 1 amide bonds. The second-order valence-electron chi connectivity index (χ2n) is 8.84. The Labute approximate surface area is 195 Å². The highest BCUT2D eigenvalue weighted by Crippen LogP contribution is 2.49. The predicted molar refractivity (Wildman–Crippen MR) is 122 cm³/mol. The highest BCUT2D eigenvalue weighted by molar-refractivity contribution is 5.82. The van der Waals surface area contributed by atoms with Crippen LogP contribution in [-0.2, 0) is 17.9 Å². The molecule has 0 saturated carbocycles. The number of hydrogen-bond acceptors (Lipinski definition) is 4. The lowest BCUT2D eigenvalue weighted by Crippen LogP contribution is -2.49. The zero-order chi connectivity index (χ0) is 24.5. The maximum atomic E-state index is 13.2. The zero-order valence-corrected chi connectivity index (χ0v) is 18.8. The number of nitrogens with zero attached hydrogens (tertiary/aromatic N) is 2. The number of aromatic nitrogens is 1. The Balaban J connectivity index is 1.67. The van der Waals surface area contributed by atoms with Crippen LogP contribution in [0.25, 0.3) is 6.08 Å². The third-order valence-corrected chi connectivity index (χ3v) is 6.80. The fourth-order valence-corrected chi connectivity index (χ4v) is 5.33. The zero-order valence-electron chi connectivity index (χ0n) is 18.8. The van der Waals surface area contributed by atoms with Gasteiger partial charge in [0, 0.05) is 49.3 Å². The van der Waals surface area contributed by atoms with Gasteiger partial charge < -0.3 is 15.0 Å². The van der Waals surface area contributed by atoms with Gasteiger partial charge in [-0.05, 0) is 24.6 Å². The van der Waals surface area contributed by atoms with E-state index in [1.165, 1.54) is 4.90 Å². The second-order valence-corrected chi connectivity index (χ2v) is 8.84. The molecular weight excluding hydrogens is 447 g/mol. The van der Waals surface area contributed by atoms with Crippen molar-refractivity contribution in [2.24, 2.45) is 11.8 Å². The molecule has 6 nitrogen and oxygen atoms in total. The fourth-order valence-electron chi connectivity index (χ4n) is 5.33. The maximum absolute atomic E-state index is 13.2. The standard InChI is InChI=1S/C25H28F3N3O3/c1-2-6-17-9-10-20-21-18(14-31(20)24(17)34)19(15-32)22(30(21)12-11-25(26,27)28)23(33)29-13-16-7-4-3-5-8-16/h2-10,18-19,21-22,32H,11-15H2,1H3,(H,29,33)/b6-2-/t18-,19-,21+,22-/m1/s1. The number of fused-ring (bicyclic) bond motifs is 3. The molecule has 4 atom stereocenters. The molecule has 2 aliphatic heterocycles. The molecule has 1 saturated heterocycles. The van der Waals surface area contributed by atoms with Gasteiger partial charge in [0.2, 0.25) is 5.91 Å². The van der Waals surface area contributed by atoms with E-state index in [4.69, 9.17) is 0 Å². The molecule has 1 fully saturated rings. The number of halogens is 3. The van der Waals surface area contributed by atoms with E-state index in [9.17, 15) is 27.9 Å². The summed E-state index contributed by atoms with van der Waals surface area (Å²) in [5, 5.41) is 13.1. The number of nitrogens with one attached hydrogen (secondary N) is 1. The Morgan fingerprint density at radius 2 is 1.94 bits per heavy atom. The van der Waals surface area contributed by atoms with Crippen LogP contribution in [0.15, 0.2) is 53.3 Å². The van der Waals surface area contributed by atoms with Crippen molar-refractivity contribution in [1.29, 1.82) is 0 Å². The van der Waals surface area contributed by atoms with Crippen LogP contribution in [0.3, 0.4) is 0 Å². The molecule has 182 valence electrons. The minimum absolute atomic E-state index is 0.220. The Morgan fingerprint density at radius 3 is 2.59 bits per heavy atom. The normalized spacial score (nSPS) is 24.4. The van der Waals surface area contributed by atoms with E-state index < -0.39 is 43.1 Å². The number of allylic oxidation sites excluding steroid dienone is 1. The number of rotatable bonds is 7. The van der Waals surface area contributed by atoms with Gasteiger partial charge in [-0.2, -0.15) is 13.2 Å². The lowest BCUT2D eigenvalue weighted by atomic mass is 9.88. The predicted octanol–water partition coefficient (Wildman–Crippen LogP) is 3.11. The lowest BCUT2D eigenvalue weighted by Gasteiger charge is -2.31. The molecule has 2 N–H and O–H groups in total. The molecule has 0 radical (unpaired) electrons. The van der Waals surface area contributed by atoms with Crippen LogP contribution in [0.2, 0.25) is 0 Å². The minimum Gasteiger partial charge on any atom is -0.396 e. The van der Waals surface area contributed by atoms with Crippen molar-refractivity contribution < 1.29 is 23.1 Å². The summed E-state index contributed by atoms with van der Waals surface area (Å²) in [5.41, 5.74) is 1.72. The number of aliphatic hydroxyl groups is 1. The van der Waals surface area contributed by atoms with Crippen LogP contribution < -0.4 is 10.9 Å². The molecule has 1 aromatic carbocycles. The summed E-state index contributed by atoms with van der Waals surface area (Å²) in [5.74, 6) is -1.36. The molecule has 34 heavy (non-hydrogen) atoms. The van der Waals surface area contributed by atoms with Gasteiger partial charge in [-0.3, -0.25) is 14.5 Å². The highest BCUT2D eigenvalue weighted by atomic mass is 19.4. The van der Waals surface area contributed by atoms with Crippen molar-refractivity contribution >= 4 is 12.0 Å². The molecule has 4 rings (SSSR count). The Bertz CT molecular complexity index is 1110. The average Bonchev–Trinajstić information content (AvgIpc) is 3.33. The maximum Gasteiger partial charge on any atom is 0.390 e. The van der Waals surface area contributed by atoms with Crippen molar-refractivity contribution in [3.8, 4) is 0 Å². The third kappa shape index (κ3) is 4.67. The molecule has 2 aliphatic rings. The van der Waals surface area contributed by atoms with Gasteiger partial charge in [-0.1, -0.05) is 42.5 Å². The van der Waals surface area contributed by atoms with Crippen LogP contribution in [-0.4, -0.2) is 45.9 Å². The summed E-state index contributed by atoms with van der Waals surface area (Å²) < 4.78 is 41.1. The first kappa shape index (κ1) is 24.2. The molecule has 3 heterocycles. The van der Waals surface area contributed by atoms with E-state index in [1.54, 1.807) is 35.8 Å². The van der Waals surface area contributed by atoms with E-state index in [2.05, 4.69) is 5.32 Å². The van der Waals surface area contributed by atoms with Gasteiger partial charge in [-0.15, -0.1) is 0 Å². The smallest absolute Gasteiger partial charge is 0.390 e. The van der Waals surface area contributed by atoms with Crippen molar-refractivity contribution in [2.75, 3.05) is 13.2 Å². The first-order valence-electron chi connectivity index (χ1n) is 11.4. The lowest BCUT2D eigenvalue weighted by molar-refractivity contribution is -0.143. The summed E-state index contributed by atoms with van der Waals surface area (Å²) >= 11 is 0. The first-order chi connectivity index (χ1) is 16.2. The van der Waals surface area contributed by atoms with Gasteiger partial charge in [0.15, 0.2) is 0 Å². The number of alkyl halides is 3. The van der Waals surface area contributed by atoms with E-state index in [-0.39, 0.29) is 31.2 Å². The minimum atomic E-state index is -4.40. The first-order valence-corrected chi connectivity index (χ1v) is 11.4. The number of pyridine rings is 1. The van der Waals surface area contributed by atoms with E-state index in [1.807, 2.05) is 30.3 Å². The second kappa shape index (κ2) is 9.76.